The van der Waals surface area contributed by atoms with Crippen LogP contribution in [0.3, 0.4) is 0 Å². The molecule has 0 fully saturated rings. The highest BCUT2D eigenvalue weighted by Gasteiger charge is 2.02. The van der Waals surface area contributed by atoms with Gasteiger partial charge in [0.25, 0.3) is 0 Å². The van der Waals surface area contributed by atoms with Crippen LogP contribution in [0, 0.1) is 0 Å². The van der Waals surface area contributed by atoms with Crippen molar-refractivity contribution in [2.24, 2.45) is 0 Å². The second kappa shape index (κ2) is 7.16. The molecule has 0 rings (SSSR count). The zero-order valence-corrected chi connectivity index (χ0v) is 8.67. The van der Waals surface area contributed by atoms with E-state index in [1.54, 1.807) is 0 Å². The highest BCUT2D eigenvalue weighted by Crippen LogP contribution is 2.23. The molecule has 1 atom stereocenters. The Morgan fingerprint density at radius 3 is 2.33 bits per heavy atom. The first-order chi connectivity index (χ1) is 4.35. The van der Waals surface area contributed by atoms with Crippen molar-refractivity contribution in [2.75, 3.05) is 24.0 Å². The summed E-state index contributed by atoms with van der Waals surface area (Å²) in [5, 5.41) is 0. The molecule has 0 aliphatic heterocycles. The summed E-state index contributed by atoms with van der Waals surface area (Å²) in [4.78, 5) is 0. The van der Waals surface area contributed by atoms with E-state index in [4.69, 9.17) is 0 Å². The summed E-state index contributed by atoms with van der Waals surface area (Å²) in [7, 11) is 0. The van der Waals surface area contributed by atoms with E-state index < -0.39 is 0 Å². The van der Waals surface area contributed by atoms with Crippen LogP contribution in [0.15, 0.2) is 0 Å². The van der Waals surface area contributed by atoms with E-state index >= 15 is 0 Å². The van der Waals surface area contributed by atoms with Gasteiger partial charge in [0.2, 0.25) is 0 Å². The van der Waals surface area contributed by atoms with Gasteiger partial charge < -0.3 is 0 Å². The molecular weight excluding hydrogens is 168 g/mol. The molecule has 0 spiro atoms. The monoisotopic (exact) mass is 182 g/mol. The van der Waals surface area contributed by atoms with Crippen LogP contribution < -0.4 is 0 Å². The van der Waals surface area contributed by atoms with Gasteiger partial charge in [-0.05, 0) is 18.3 Å². The molecule has 0 aromatic carbocycles. The van der Waals surface area contributed by atoms with E-state index in [2.05, 4.69) is 19.4 Å². The zero-order valence-electron chi connectivity index (χ0n) is 6.22. The molecule has 0 bridgehead atoms. The van der Waals surface area contributed by atoms with Crippen LogP contribution in [0.4, 0.5) is 0 Å². The maximum atomic E-state index is 2.22. The van der Waals surface area contributed by atoms with Gasteiger partial charge in [-0.15, -0.1) is 11.8 Å². The predicted octanol–water partition coefficient (Wildman–Crippen LogP) is 2.79. The molecule has 0 heterocycles. The summed E-state index contributed by atoms with van der Waals surface area (Å²) in [6, 6.07) is 0. The Labute approximate surface area is 70.9 Å². The van der Waals surface area contributed by atoms with E-state index in [0.29, 0.717) is 0 Å². The molecule has 0 aliphatic carbocycles. The fourth-order valence-electron chi connectivity index (χ4n) is 0.506. The second-order valence-corrected chi connectivity index (χ2v) is 5.31. The van der Waals surface area contributed by atoms with Gasteiger partial charge in [-0.25, -0.2) is 0 Å². The van der Waals surface area contributed by atoms with E-state index in [-0.39, 0.29) is 0 Å². The molecule has 0 aromatic rings. The van der Waals surface area contributed by atoms with Crippen LogP contribution >= 0.6 is 35.3 Å². The standard InChI is InChI=1S/C6H14S3/c1-4-9-6(8-3)5-7-2/h6H,4-5H2,1-3H3. The highest BCUT2D eigenvalue weighted by molar-refractivity contribution is 8.17. The van der Waals surface area contributed by atoms with Gasteiger partial charge in [-0.2, -0.15) is 23.5 Å². The summed E-state index contributed by atoms with van der Waals surface area (Å²) in [5.41, 5.74) is 0. The third-order valence-corrected chi connectivity index (χ3v) is 4.56. The molecule has 0 saturated carbocycles. The lowest BCUT2D eigenvalue weighted by atomic mass is 10.9. The molecule has 0 radical (unpaired) electrons. The van der Waals surface area contributed by atoms with Gasteiger partial charge in [-0.3, -0.25) is 0 Å². The van der Waals surface area contributed by atoms with Gasteiger partial charge in [0.05, 0.1) is 4.58 Å². The SMILES string of the molecule is CCSC(CSC)SC. The van der Waals surface area contributed by atoms with Crippen molar-refractivity contribution in [3.63, 3.8) is 0 Å². The Bertz CT molecular complexity index is 50.3. The second-order valence-electron chi connectivity index (χ2n) is 1.58. The lowest BCUT2D eigenvalue weighted by molar-refractivity contribution is 1.42. The molecule has 0 N–H and O–H groups in total. The van der Waals surface area contributed by atoms with Gasteiger partial charge in [0, 0.05) is 5.75 Å². The van der Waals surface area contributed by atoms with Crippen LogP contribution in [-0.2, 0) is 0 Å². The van der Waals surface area contributed by atoms with Crippen LogP contribution in [0.5, 0.6) is 0 Å². The first-order valence-corrected chi connectivity index (χ1v) is 6.71. The van der Waals surface area contributed by atoms with E-state index in [9.17, 15) is 0 Å². The maximum Gasteiger partial charge on any atom is 0.0589 e. The smallest absolute Gasteiger partial charge is 0.0589 e. The number of rotatable bonds is 5. The molecule has 9 heavy (non-hydrogen) atoms. The predicted molar refractivity (Wildman–Crippen MR) is 53.8 cm³/mol. The average Bonchev–Trinajstić information content (AvgIpc) is 1.88. The van der Waals surface area contributed by atoms with Gasteiger partial charge >= 0.3 is 0 Å². The van der Waals surface area contributed by atoms with E-state index in [1.165, 1.54) is 11.5 Å². The average molecular weight is 182 g/mol. The van der Waals surface area contributed by atoms with Crippen molar-refractivity contribution in [2.45, 2.75) is 11.5 Å². The normalized spacial score (nSPS) is 13.7. The van der Waals surface area contributed by atoms with E-state index in [1.807, 2.05) is 35.3 Å². The number of hydrogen-bond acceptors (Lipinski definition) is 3. The number of hydrogen-bond donors (Lipinski definition) is 0. The molecule has 1 unspecified atom stereocenters. The van der Waals surface area contributed by atoms with Gasteiger partial charge in [-0.1, -0.05) is 6.92 Å². The third kappa shape index (κ3) is 5.49. The van der Waals surface area contributed by atoms with Crippen molar-refractivity contribution in [1.82, 2.24) is 0 Å². The Morgan fingerprint density at radius 1 is 1.33 bits per heavy atom. The first-order valence-electron chi connectivity index (χ1n) is 2.98. The molecule has 0 nitrogen and oxygen atoms in total. The maximum absolute atomic E-state index is 2.22. The molecular formula is C6H14S3. The van der Waals surface area contributed by atoms with Gasteiger partial charge in [0.15, 0.2) is 0 Å². The third-order valence-electron chi connectivity index (χ3n) is 0.918. The quantitative estimate of drug-likeness (QED) is 0.600. The van der Waals surface area contributed by atoms with Crippen molar-refractivity contribution < 1.29 is 0 Å². The van der Waals surface area contributed by atoms with Crippen LogP contribution in [0.2, 0.25) is 0 Å². The minimum absolute atomic E-state index is 0.810. The topological polar surface area (TPSA) is 0 Å². The first kappa shape index (κ1) is 10.0. The van der Waals surface area contributed by atoms with Crippen LogP contribution in [0.25, 0.3) is 0 Å². The lowest BCUT2D eigenvalue weighted by Crippen LogP contribution is -1.99. The lowest BCUT2D eigenvalue weighted by Gasteiger charge is -2.09. The molecule has 0 aromatic heterocycles. The fourth-order valence-corrected chi connectivity index (χ4v) is 3.85. The minimum Gasteiger partial charge on any atom is -0.163 e. The molecule has 3 heteroatoms. The molecule has 0 amide bonds. The summed E-state index contributed by atoms with van der Waals surface area (Å²) in [5.74, 6) is 2.52. The van der Waals surface area contributed by atoms with Crippen LogP contribution in [-0.4, -0.2) is 28.6 Å². The van der Waals surface area contributed by atoms with Gasteiger partial charge in [0.1, 0.15) is 0 Å². The molecule has 0 aliphatic rings. The van der Waals surface area contributed by atoms with Crippen molar-refractivity contribution in [3.8, 4) is 0 Å². The molecule has 56 valence electrons. The van der Waals surface area contributed by atoms with Crippen LogP contribution in [0.1, 0.15) is 6.92 Å². The summed E-state index contributed by atoms with van der Waals surface area (Å²) < 4.78 is 0.810. The Balaban J connectivity index is 3.18. The summed E-state index contributed by atoms with van der Waals surface area (Å²) >= 11 is 5.94. The summed E-state index contributed by atoms with van der Waals surface area (Å²) in [6.07, 6.45) is 4.35. The van der Waals surface area contributed by atoms with Crippen molar-refractivity contribution in [3.05, 3.63) is 0 Å². The largest absolute Gasteiger partial charge is 0.163 e. The fraction of sp³-hybridized carbons (Fsp3) is 1.00. The Hall–Kier alpha value is 1.05. The van der Waals surface area contributed by atoms with Crippen molar-refractivity contribution >= 4 is 35.3 Å². The number of thioether (sulfide) groups is 3. The van der Waals surface area contributed by atoms with E-state index in [0.717, 1.165) is 4.58 Å². The minimum atomic E-state index is 0.810. The zero-order chi connectivity index (χ0) is 7.11. The Kier molecular flexibility index (Phi) is 8.00. The molecule has 0 saturated heterocycles. The van der Waals surface area contributed by atoms with Crippen molar-refractivity contribution in [1.29, 1.82) is 0 Å². The summed E-state index contributed by atoms with van der Waals surface area (Å²) in [6.45, 7) is 2.22. The highest BCUT2D eigenvalue weighted by atomic mass is 32.2. The Morgan fingerprint density at radius 2 is 2.00 bits per heavy atom.